The maximum absolute atomic E-state index is 11.5. The molecule has 2 amide bonds. The Kier molecular flexibility index (Phi) is 5.36. The molecule has 18 heavy (non-hydrogen) atoms. The third-order valence-electron chi connectivity index (χ3n) is 2.33. The molecule has 0 aliphatic heterocycles. The Morgan fingerprint density at radius 3 is 2.61 bits per heavy atom. The van der Waals surface area contributed by atoms with Gasteiger partial charge in [-0.25, -0.2) is 0 Å². The molecule has 1 aromatic rings. The predicted octanol–water partition coefficient (Wildman–Crippen LogP) is 2.31. The first-order valence-corrected chi connectivity index (χ1v) is 6.10. The molecule has 98 valence electrons. The van der Waals surface area contributed by atoms with E-state index in [1.54, 1.807) is 0 Å². The van der Waals surface area contributed by atoms with E-state index in [4.69, 9.17) is 0 Å². The standard InChI is InChI=1S/C14H20N2O2/c1-10(2)7-14(18)15-9-12-5-4-6-13(8-12)16-11(3)17/h4-6,8,10H,7,9H2,1-3H3,(H,15,18)(H,16,17). The average Bonchev–Trinajstić information content (AvgIpc) is 2.25. The minimum atomic E-state index is -0.101. The van der Waals surface area contributed by atoms with Gasteiger partial charge in [0.2, 0.25) is 11.8 Å². The van der Waals surface area contributed by atoms with Crippen molar-refractivity contribution in [2.45, 2.75) is 33.7 Å². The van der Waals surface area contributed by atoms with Gasteiger partial charge in [-0.05, 0) is 23.6 Å². The van der Waals surface area contributed by atoms with Crippen molar-refractivity contribution in [1.82, 2.24) is 5.32 Å². The van der Waals surface area contributed by atoms with Gasteiger partial charge < -0.3 is 10.6 Å². The Hall–Kier alpha value is -1.84. The van der Waals surface area contributed by atoms with Crippen LogP contribution in [0.4, 0.5) is 5.69 Å². The van der Waals surface area contributed by atoms with E-state index in [0.717, 1.165) is 11.3 Å². The normalized spacial score (nSPS) is 10.2. The van der Waals surface area contributed by atoms with E-state index in [-0.39, 0.29) is 11.8 Å². The highest BCUT2D eigenvalue weighted by atomic mass is 16.2. The van der Waals surface area contributed by atoms with E-state index in [2.05, 4.69) is 10.6 Å². The molecule has 0 heterocycles. The zero-order valence-electron chi connectivity index (χ0n) is 11.1. The molecule has 0 unspecified atom stereocenters. The minimum Gasteiger partial charge on any atom is -0.352 e. The Morgan fingerprint density at radius 1 is 1.28 bits per heavy atom. The summed E-state index contributed by atoms with van der Waals surface area (Å²) < 4.78 is 0. The van der Waals surface area contributed by atoms with E-state index >= 15 is 0 Å². The van der Waals surface area contributed by atoms with Crippen molar-refractivity contribution in [2.24, 2.45) is 5.92 Å². The number of carbonyl (C=O) groups excluding carboxylic acids is 2. The molecule has 2 N–H and O–H groups in total. The Balaban J connectivity index is 2.52. The van der Waals surface area contributed by atoms with E-state index in [1.807, 2.05) is 38.1 Å². The maximum atomic E-state index is 11.5. The van der Waals surface area contributed by atoms with Gasteiger partial charge in [0.15, 0.2) is 0 Å². The highest BCUT2D eigenvalue weighted by Gasteiger charge is 2.04. The first kappa shape index (κ1) is 14.2. The molecular weight excluding hydrogens is 228 g/mol. The molecule has 0 saturated carbocycles. The average molecular weight is 248 g/mol. The number of anilines is 1. The summed E-state index contributed by atoms with van der Waals surface area (Å²) in [6.45, 7) is 5.98. The molecule has 0 saturated heterocycles. The van der Waals surface area contributed by atoms with Crippen LogP contribution in [-0.2, 0) is 16.1 Å². The van der Waals surface area contributed by atoms with Crippen molar-refractivity contribution in [1.29, 1.82) is 0 Å². The van der Waals surface area contributed by atoms with Crippen LogP contribution < -0.4 is 10.6 Å². The van der Waals surface area contributed by atoms with Crippen LogP contribution in [0.15, 0.2) is 24.3 Å². The molecule has 4 nitrogen and oxygen atoms in total. The fourth-order valence-corrected chi connectivity index (χ4v) is 1.61. The van der Waals surface area contributed by atoms with Crippen LogP contribution in [0.1, 0.15) is 32.8 Å². The summed E-state index contributed by atoms with van der Waals surface area (Å²) in [7, 11) is 0. The van der Waals surface area contributed by atoms with E-state index in [9.17, 15) is 9.59 Å². The van der Waals surface area contributed by atoms with Gasteiger partial charge in [-0.3, -0.25) is 9.59 Å². The third-order valence-corrected chi connectivity index (χ3v) is 2.33. The van der Waals surface area contributed by atoms with Crippen LogP contribution in [-0.4, -0.2) is 11.8 Å². The fourth-order valence-electron chi connectivity index (χ4n) is 1.61. The molecule has 0 atom stereocenters. The zero-order valence-corrected chi connectivity index (χ0v) is 11.1. The Morgan fingerprint density at radius 2 is 2.00 bits per heavy atom. The molecule has 0 aromatic heterocycles. The van der Waals surface area contributed by atoms with Gasteiger partial charge in [-0.2, -0.15) is 0 Å². The molecule has 0 radical (unpaired) electrons. The highest BCUT2D eigenvalue weighted by molar-refractivity contribution is 5.88. The quantitative estimate of drug-likeness (QED) is 0.840. The lowest BCUT2D eigenvalue weighted by Crippen LogP contribution is -2.23. The van der Waals surface area contributed by atoms with Crippen LogP contribution in [0, 0.1) is 5.92 Å². The van der Waals surface area contributed by atoms with Crippen LogP contribution in [0.5, 0.6) is 0 Å². The number of amides is 2. The predicted molar refractivity (Wildman–Crippen MR) is 72.0 cm³/mol. The van der Waals surface area contributed by atoms with Crippen LogP contribution >= 0.6 is 0 Å². The van der Waals surface area contributed by atoms with Crippen LogP contribution in [0.25, 0.3) is 0 Å². The van der Waals surface area contributed by atoms with Gasteiger partial charge in [-0.1, -0.05) is 26.0 Å². The fraction of sp³-hybridized carbons (Fsp3) is 0.429. The van der Waals surface area contributed by atoms with Crippen molar-refractivity contribution in [3.8, 4) is 0 Å². The lowest BCUT2D eigenvalue weighted by Gasteiger charge is -2.08. The molecule has 1 rings (SSSR count). The molecule has 0 aliphatic rings. The highest BCUT2D eigenvalue weighted by Crippen LogP contribution is 2.10. The molecule has 0 fully saturated rings. The number of hydrogen-bond donors (Lipinski definition) is 2. The van der Waals surface area contributed by atoms with E-state index in [0.29, 0.717) is 18.9 Å². The number of carbonyl (C=O) groups is 2. The second kappa shape index (κ2) is 6.79. The van der Waals surface area contributed by atoms with Crippen LogP contribution in [0.2, 0.25) is 0 Å². The monoisotopic (exact) mass is 248 g/mol. The summed E-state index contributed by atoms with van der Waals surface area (Å²) in [5, 5.41) is 5.57. The van der Waals surface area contributed by atoms with Crippen molar-refractivity contribution in [2.75, 3.05) is 5.32 Å². The van der Waals surface area contributed by atoms with E-state index < -0.39 is 0 Å². The minimum absolute atomic E-state index is 0.0509. The second-order valence-corrected chi connectivity index (χ2v) is 4.76. The van der Waals surface area contributed by atoms with Crippen molar-refractivity contribution in [3.63, 3.8) is 0 Å². The van der Waals surface area contributed by atoms with Gasteiger partial charge in [0, 0.05) is 25.6 Å². The summed E-state index contributed by atoms with van der Waals surface area (Å²) in [6, 6.07) is 7.45. The van der Waals surface area contributed by atoms with Gasteiger partial charge in [-0.15, -0.1) is 0 Å². The topological polar surface area (TPSA) is 58.2 Å². The lowest BCUT2D eigenvalue weighted by atomic mass is 10.1. The SMILES string of the molecule is CC(=O)Nc1cccc(CNC(=O)CC(C)C)c1. The second-order valence-electron chi connectivity index (χ2n) is 4.76. The first-order chi connectivity index (χ1) is 8.47. The molecular formula is C14H20N2O2. The number of benzene rings is 1. The van der Waals surface area contributed by atoms with Crippen molar-refractivity contribution >= 4 is 17.5 Å². The molecule has 4 heteroatoms. The summed E-state index contributed by atoms with van der Waals surface area (Å²) in [6.07, 6.45) is 0.533. The van der Waals surface area contributed by atoms with Gasteiger partial charge in [0.25, 0.3) is 0 Å². The van der Waals surface area contributed by atoms with Crippen molar-refractivity contribution < 1.29 is 9.59 Å². The maximum Gasteiger partial charge on any atom is 0.221 e. The Bertz CT molecular complexity index is 428. The summed E-state index contributed by atoms with van der Waals surface area (Å²) in [5.41, 5.74) is 1.72. The largest absolute Gasteiger partial charge is 0.352 e. The summed E-state index contributed by atoms with van der Waals surface area (Å²) in [4.78, 5) is 22.4. The van der Waals surface area contributed by atoms with Gasteiger partial charge in [0.1, 0.15) is 0 Å². The lowest BCUT2D eigenvalue weighted by molar-refractivity contribution is -0.122. The first-order valence-electron chi connectivity index (χ1n) is 6.10. The Labute approximate surface area is 108 Å². The summed E-state index contributed by atoms with van der Waals surface area (Å²) in [5.74, 6) is 0.307. The molecule has 0 aliphatic carbocycles. The molecule has 0 spiro atoms. The van der Waals surface area contributed by atoms with Gasteiger partial charge in [0.05, 0.1) is 0 Å². The summed E-state index contributed by atoms with van der Waals surface area (Å²) >= 11 is 0. The van der Waals surface area contributed by atoms with E-state index in [1.165, 1.54) is 6.92 Å². The smallest absolute Gasteiger partial charge is 0.221 e. The number of hydrogen-bond acceptors (Lipinski definition) is 2. The van der Waals surface area contributed by atoms with Crippen LogP contribution in [0.3, 0.4) is 0 Å². The van der Waals surface area contributed by atoms with Crippen molar-refractivity contribution in [3.05, 3.63) is 29.8 Å². The molecule has 1 aromatic carbocycles. The number of rotatable bonds is 5. The molecule has 0 bridgehead atoms. The zero-order chi connectivity index (χ0) is 13.5. The van der Waals surface area contributed by atoms with Gasteiger partial charge >= 0.3 is 0 Å². The third kappa shape index (κ3) is 5.48. The number of nitrogens with one attached hydrogen (secondary N) is 2.